The molecule has 0 atom stereocenters. The highest BCUT2D eigenvalue weighted by molar-refractivity contribution is 6.39. The molecule has 3 aromatic carbocycles. The molecule has 0 spiro atoms. The molecule has 0 aliphatic heterocycles. The normalized spacial score (nSPS) is 13.4. The molecule has 228 valence electrons. The topological polar surface area (TPSA) is 148 Å². The number of primary amides is 1. The molecule has 1 heterocycles. The minimum absolute atomic E-state index is 0.136. The quantitative estimate of drug-likeness (QED) is 0.201. The van der Waals surface area contributed by atoms with Crippen molar-refractivity contribution in [1.29, 1.82) is 0 Å². The lowest BCUT2D eigenvalue weighted by Crippen LogP contribution is -2.37. The highest BCUT2D eigenvalue weighted by atomic mass is 35.5. The first-order valence-corrected chi connectivity index (χ1v) is 14.3. The van der Waals surface area contributed by atoms with E-state index in [1.54, 1.807) is 42.5 Å². The number of anilines is 1. The summed E-state index contributed by atoms with van der Waals surface area (Å²) in [6, 6.07) is 13.1. The molecule has 1 aliphatic carbocycles. The zero-order valence-corrected chi connectivity index (χ0v) is 25.2. The number of hydrogen-bond donors (Lipinski definition) is 4. The van der Waals surface area contributed by atoms with Gasteiger partial charge in [-0.2, -0.15) is 0 Å². The summed E-state index contributed by atoms with van der Waals surface area (Å²) in [6.45, 7) is 0.486. The van der Waals surface area contributed by atoms with Gasteiger partial charge in [-0.05, 0) is 36.6 Å². The summed E-state index contributed by atoms with van der Waals surface area (Å²) in [6.07, 6.45) is 2.45. The van der Waals surface area contributed by atoms with Gasteiger partial charge in [0, 0.05) is 48.6 Å². The molecule has 1 aromatic heterocycles. The van der Waals surface area contributed by atoms with Crippen LogP contribution in [-0.4, -0.2) is 35.0 Å². The van der Waals surface area contributed by atoms with Gasteiger partial charge in [-0.25, -0.2) is 9.18 Å². The van der Waals surface area contributed by atoms with Crippen LogP contribution in [0.5, 0.6) is 5.75 Å². The minimum Gasteiger partial charge on any atom is -0.496 e. The van der Waals surface area contributed by atoms with E-state index < -0.39 is 28.4 Å². The number of halogens is 3. The Kier molecular flexibility index (Phi) is 8.64. The van der Waals surface area contributed by atoms with Crippen LogP contribution >= 0.6 is 23.2 Å². The summed E-state index contributed by atoms with van der Waals surface area (Å²) in [5.74, 6) is -1.35. The Labute approximate surface area is 261 Å². The fourth-order valence-electron chi connectivity index (χ4n) is 4.93. The fourth-order valence-corrected chi connectivity index (χ4v) is 5.54. The van der Waals surface area contributed by atoms with Crippen LogP contribution in [0.4, 0.5) is 10.1 Å². The monoisotopic (exact) mass is 639 g/mol. The van der Waals surface area contributed by atoms with Crippen molar-refractivity contribution in [2.45, 2.75) is 19.4 Å². The van der Waals surface area contributed by atoms with Crippen molar-refractivity contribution >= 4 is 40.7 Å². The number of aromatic amines is 1. The van der Waals surface area contributed by atoms with E-state index in [9.17, 15) is 19.2 Å². The van der Waals surface area contributed by atoms with Gasteiger partial charge in [-0.1, -0.05) is 53.5 Å². The molecule has 1 fully saturated rings. The molecule has 10 nitrogen and oxygen atoms in total. The number of H-pyrrole nitrogens is 1. The number of aromatic nitrogens is 2. The number of rotatable bonds is 10. The van der Waals surface area contributed by atoms with E-state index in [1.807, 2.05) is 0 Å². The molecule has 5 rings (SSSR count). The number of nitrogens with zero attached hydrogens (tertiary/aromatic N) is 1. The second-order valence-electron chi connectivity index (χ2n) is 10.5. The van der Waals surface area contributed by atoms with E-state index >= 15 is 4.39 Å². The maximum absolute atomic E-state index is 15.4. The summed E-state index contributed by atoms with van der Waals surface area (Å²) in [7, 11) is 2.69. The average molecular weight is 640 g/mol. The van der Waals surface area contributed by atoms with Crippen LogP contribution in [0.3, 0.4) is 0 Å². The molecule has 2 amide bonds. The van der Waals surface area contributed by atoms with Gasteiger partial charge in [0.25, 0.3) is 11.5 Å². The van der Waals surface area contributed by atoms with Crippen molar-refractivity contribution < 1.29 is 18.7 Å². The number of benzene rings is 3. The third kappa shape index (κ3) is 5.86. The van der Waals surface area contributed by atoms with Gasteiger partial charge in [0.1, 0.15) is 17.1 Å². The molecule has 1 aliphatic rings. The van der Waals surface area contributed by atoms with E-state index in [4.69, 9.17) is 33.7 Å². The van der Waals surface area contributed by atoms with Crippen molar-refractivity contribution in [2.24, 2.45) is 18.2 Å². The number of methoxy groups -OCH3 is 1. The van der Waals surface area contributed by atoms with Gasteiger partial charge in [0.05, 0.1) is 28.3 Å². The fraction of sp³-hybridized carbons (Fsp3) is 0.226. The van der Waals surface area contributed by atoms with Crippen molar-refractivity contribution in [3.63, 3.8) is 0 Å². The standard InChI is InChI=1S/C31H28Cl2FN5O5/c1-39-28(41)21(14-37-30(39)43)27(40)38-23-8-4-7-19(26(23)33)18-6-3-5-17(25(18)32)16-11-22(34)20(24(12-16)44-2)13-36-15-31(9-10-31)29(35)42/h3-8,11-12,14,36H,9-10,13,15H2,1-2H3,(H2,35,42)(H,37,43)(H,38,40). The highest BCUT2D eigenvalue weighted by Gasteiger charge is 2.47. The highest BCUT2D eigenvalue weighted by Crippen LogP contribution is 2.45. The number of amides is 2. The van der Waals surface area contributed by atoms with Crippen molar-refractivity contribution in [3.8, 4) is 28.0 Å². The molecular weight excluding hydrogens is 612 g/mol. The predicted molar refractivity (Wildman–Crippen MR) is 167 cm³/mol. The summed E-state index contributed by atoms with van der Waals surface area (Å²) >= 11 is 13.6. The number of hydrogen-bond acceptors (Lipinski definition) is 6. The lowest BCUT2D eigenvalue weighted by molar-refractivity contribution is -0.122. The Morgan fingerprint density at radius 1 is 1.07 bits per heavy atom. The maximum atomic E-state index is 15.4. The van der Waals surface area contributed by atoms with Crippen LogP contribution in [0.25, 0.3) is 22.3 Å². The van der Waals surface area contributed by atoms with E-state index in [0.29, 0.717) is 53.0 Å². The number of nitrogens with one attached hydrogen (secondary N) is 3. The van der Waals surface area contributed by atoms with Gasteiger partial charge in [-0.3, -0.25) is 19.0 Å². The van der Waals surface area contributed by atoms with E-state index in [-0.39, 0.29) is 33.7 Å². The van der Waals surface area contributed by atoms with Gasteiger partial charge in [-0.15, -0.1) is 0 Å². The first-order valence-electron chi connectivity index (χ1n) is 13.5. The van der Waals surface area contributed by atoms with Crippen LogP contribution in [0.1, 0.15) is 28.8 Å². The lowest BCUT2D eigenvalue weighted by Gasteiger charge is -2.17. The van der Waals surface area contributed by atoms with Crippen molar-refractivity contribution in [3.05, 3.63) is 103 Å². The van der Waals surface area contributed by atoms with Crippen molar-refractivity contribution in [2.75, 3.05) is 19.0 Å². The molecule has 44 heavy (non-hydrogen) atoms. The zero-order valence-electron chi connectivity index (χ0n) is 23.7. The zero-order chi connectivity index (χ0) is 31.8. The van der Waals surface area contributed by atoms with Crippen LogP contribution in [-0.2, 0) is 18.4 Å². The molecule has 1 saturated carbocycles. The molecule has 0 saturated heterocycles. The van der Waals surface area contributed by atoms with Gasteiger partial charge >= 0.3 is 5.69 Å². The number of ether oxygens (including phenoxy) is 1. The van der Waals surface area contributed by atoms with Crippen molar-refractivity contribution in [1.82, 2.24) is 14.9 Å². The molecular formula is C31H28Cl2FN5O5. The third-order valence-electron chi connectivity index (χ3n) is 7.79. The summed E-state index contributed by atoms with van der Waals surface area (Å²) < 4.78 is 21.7. The number of nitrogens with two attached hydrogens (primary N) is 1. The molecule has 0 unspecified atom stereocenters. The first-order chi connectivity index (χ1) is 21.0. The van der Waals surface area contributed by atoms with E-state index in [2.05, 4.69) is 15.6 Å². The Balaban J connectivity index is 1.43. The molecule has 0 radical (unpaired) electrons. The van der Waals surface area contributed by atoms with Crippen LogP contribution in [0.15, 0.2) is 64.3 Å². The van der Waals surface area contributed by atoms with Crippen LogP contribution < -0.4 is 32.4 Å². The van der Waals surface area contributed by atoms with Gasteiger partial charge in [0.15, 0.2) is 0 Å². The smallest absolute Gasteiger partial charge is 0.328 e. The van der Waals surface area contributed by atoms with Crippen LogP contribution in [0, 0.1) is 11.2 Å². The SMILES string of the molecule is COc1cc(-c2cccc(-c3cccc(NC(=O)c4c[nH]c(=O)n(C)c4=O)c3Cl)c2Cl)cc(F)c1CNCC1(C(N)=O)CC1. The number of carbonyl (C=O) groups excluding carboxylic acids is 2. The minimum atomic E-state index is -0.767. The van der Waals surface area contributed by atoms with E-state index in [1.165, 1.54) is 20.2 Å². The second kappa shape index (κ2) is 12.3. The third-order valence-corrected chi connectivity index (χ3v) is 8.60. The van der Waals surface area contributed by atoms with E-state index in [0.717, 1.165) is 10.8 Å². The van der Waals surface area contributed by atoms with Gasteiger partial charge < -0.3 is 26.1 Å². The predicted octanol–water partition coefficient (Wildman–Crippen LogP) is 4.47. The Bertz CT molecular complexity index is 1920. The summed E-state index contributed by atoms with van der Waals surface area (Å²) in [4.78, 5) is 50.9. The Hall–Kier alpha value is -4.45. The summed E-state index contributed by atoms with van der Waals surface area (Å²) in [5, 5.41) is 6.15. The molecule has 4 aromatic rings. The molecule has 13 heteroatoms. The Morgan fingerprint density at radius 3 is 2.39 bits per heavy atom. The van der Waals surface area contributed by atoms with Gasteiger partial charge in [0.2, 0.25) is 5.91 Å². The summed E-state index contributed by atoms with van der Waals surface area (Å²) in [5.41, 5.74) is 5.68. The number of carbonyl (C=O) groups is 2. The Morgan fingerprint density at radius 2 is 1.73 bits per heavy atom. The van der Waals surface area contributed by atoms with Crippen LogP contribution in [0.2, 0.25) is 10.0 Å². The first kappa shape index (κ1) is 31.0. The second-order valence-corrected chi connectivity index (χ2v) is 11.3. The molecule has 5 N–H and O–H groups in total. The maximum Gasteiger partial charge on any atom is 0.328 e. The molecule has 0 bridgehead atoms. The average Bonchev–Trinajstić information content (AvgIpc) is 3.79. The lowest BCUT2D eigenvalue weighted by atomic mass is 9.97. The largest absolute Gasteiger partial charge is 0.496 e.